The van der Waals surface area contributed by atoms with Crippen molar-refractivity contribution in [2.75, 3.05) is 27.2 Å². The van der Waals surface area contributed by atoms with Gasteiger partial charge in [-0.15, -0.1) is 0 Å². The van der Waals surface area contributed by atoms with E-state index in [1.807, 2.05) is 0 Å². The van der Waals surface area contributed by atoms with Crippen molar-refractivity contribution in [2.24, 2.45) is 5.92 Å². The molecule has 6 heteroatoms. The molecule has 2 amide bonds. The van der Waals surface area contributed by atoms with Crippen LogP contribution in [0.15, 0.2) is 24.3 Å². The molecule has 2 heterocycles. The fourth-order valence-corrected chi connectivity index (χ4v) is 3.34. The average Bonchev–Trinajstić information content (AvgIpc) is 3.07. The summed E-state index contributed by atoms with van der Waals surface area (Å²) in [6.45, 7) is 0.862. The minimum Gasteiger partial charge on any atom is -0.375 e. The van der Waals surface area contributed by atoms with E-state index in [-0.39, 0.29) is 29.9 Å². The van der Waals surface area contributed by atoms with E-state index in [4.69, 9.17) is 4.74 Å². The summed E-state index contributed by atoms with van der Waals surface area (Å²) in [6.07, 6.45) is 0.454. The summed E-state index contributed by atoms with van der Waals surface area (Å²) in [5.41, 5.74) is 0.309. The lowest BCUT2D eigenvalue weighted by Crippen LogP contribution is -2.37. The number of carbonyl (C=O) groups is 2. The third-order valence-electron chi connectivity index (χ3n) is 4.38. The van der Waals surface area contributed by atoms with Crippen molar-refractivity contribution in [1.82, 2.24) is 9.80 Å². The summed E-state index contributed by atoms with van der Waals surface area (Å²) in [6, 6.07) is 5.54. The number of carbonyl (C=O) groups excluding carboxylic acids is 2. The lowest BCUT2D eigenvalue weighted by atomic mass is 10.0. The normalized spacial score (nSPS) is 26.9. The van der Waals surface area contributed by atoms with E-state index in [0.717, 1.165) is 0 Å². The van der Waals surface area contributed by atoms with Gasteiger partial charge in [-0.2, -0.15) is 0 Å². The maximum absolute atomic E-state index is 13.3. The molecule has 2 saturated heterocycles. The molecule has 2 aliphatic heterocycles. The lowest BCUT2D eigenvalue weighted by Gasteiger charge is -2.22. The van der Waals surface area contributed by atoms with Gasteiger partial charge in [0.15, 0.2) is 0 Å². The van der Waals surface area contributed by atoms with Gasteiger partial charge >= 0.3 is 0 Å². The van der Waals surface area contributed by atoms with Crippen LogP contribution in [0.1, 0.15) is 16.8 Å². The Bertz CT molecular complexity index is 605. The van der Waals surface area contributed by atoms with Crippen molar-refractivity contribution in [3.63, 3.8) is 0 Å². The number of likely N-dealkylation sites (tertiary alicyclic amines) is 1. The Morgan fingerprint density at radius 2 is 2.14 bits per heavy atom. The minimum atomic E-state index is -0.440. The highest BCUT2D eigenvalue weighted by molar-refractivity contribution is 5.95. The highest BCUT2D eigenvalue weighted by atomic mass is 19.1. The first-order valence-corrected chi connectivity index (χ1v) is 7.38. The molecule has 5 nitrogen and oxygen atoms in total. The Morgan fingerprint density at radius 3 is 2.82 bits per heavy atom. The van der Waals surface area contributed by atoms with E-state index in [2.05, 4.69) is 0 Å². The Labute approximate surface area is 128 Å². The van der Waals surface area contributed by atoms with Crippen LogP contribution in [0.2, 0.25) is 0 Å². The first kappa shape index (κ1) is 15.0. The molecule has 2 fully saturated rings. The van der Waals surface area contributed by atoms with E-state index in [0.29, 0.717) is 25.1 Å². The molecule has 1 aromatic rings. The maximum Gasteiger partial charge on any atom is 0.254 e. The Kier molecular flexibility index (Phi) is 3.87. The fraction of sp³-hybridized carbons (Fsp3) is 0.500. The van der Waals surface area contributed by atoms with E-state index >= 15 is 0 Å². The van der Waals surface area contributed by atoms with Crippen LogP contribution in [0.25, 0.3) is 0 Å². The average molecular weight is 306 g/mol. The number of ether oxygens (including phenoxy) is 1. The molecule has 22 heavy (non-hydrogen) atoms. The summed E-state index contributed by atoms with van der Waals surface area (Å²) < 4.78 is 19.0. The molecule has 2 aliphatic rings. The number of hydrogen-bond donors (Lipinski definition) is 0. The third kappa shape index (κ3) is 2.47. The van der Waals surface area contributed by atoms with Gasteiger partial charge in [-0.1, -0.05) is 6.07 Å². The van der Waals surface area contributed by atoms with Crippen molar-refractivity contribution in [3.05, 3.63) is 35.6 Å². The first-order valence-electron chi connectivity index (χ1n) is 7.38. The quantitative estimate of drug-likeness (QED) is 0.823. The molecule has 3 atom stereocenters. The highest BCUT2D eigenvalue weighted by Gasteiger charge is 2.50. The van der Waals surface area contributed by atoms with Crippen molar-refractivity contribution >= 4 is 11.8 Å². The number of benzene rings is 1. The lowest BCUT2D eigenvalue weighted by molar-refractivity contribution is -0.135. The van der Waals surface area contributed by atoms with Gasteiger partial charge in [-0.3, -0.25) is 9.59 Å². The van der Waals surface area contributed by atoms with Crippen LogP contribution >= 0.6 is 0 Å². The number of fused-ring (bicyclic) bond motifs is 1. The van der Waals surface area contributed by atoms with Gasteiger partial charge in [0.1, 0.15) is 5.82 Å². The van der Waals surface area contributed by atoms with E-state index < -0.39 is 5.82 Å². The highest BCUT2D eigenvalue weighted by Crippen LogP contribution is 2.35. The van der Waals surface area contributed by atoms with E-state index in [9.17, 15) is 14.0 Å². The second-order valence-electron chi connectivity index (χ2n) is 6.00. The van der Waals surface area contributed by atoms with E-state index in [1.54, 1.807) is 25.1 Å². The molecule has 0 saturated carbocycles. The zero-order valence-corrected chi connectivity index (χ0v) is 12.7. The summed E-state index contributed by atoms with van der Waals surface area (Å²) in [5, 5.41) is 0. The zero-order valence-electron chi connectivity index (χ0n) is 12.7. The number of halogens is 1. The van der Waals surface area contributed by atoms with Gasteiger partial charge in [0.25, 0.3) is 5.91 Å². The smallest absolute Gasteiger partial charge is 0.254 e. The Hall–Kier alpha value is -1.95. The molecule has 0 N–H and O–H groups in total. The topological polar surface area (TPSA) is 49.9 Å². The van der Waals surface area contributed by atoms with Gasteiger partial charge in [-0.25, -0.2) is 4.39 Å². The molecular weight excluding hydrogens is 287 g/mol. The van der Waals surface area contributed by atoms with Crippen LogP contribution in [-0.4, -0.2) is 61.0 Å². The van der Waals surface area contributed by atoms with Crippen LogP contribution < -0.4 is 0 Å². The van der Waals surface area contributed by atoms with Crippen LogP contribution in [0.4, 0.5) is 4.39 Å². The van der Waals surface area contributed by atoms with Gasteiger partial charge < -0.3 is 14.5 Å². The Morgan fingerprint density at radius 1 is 1.36 bits per heavy atom. The summed E-state index contributed by atoms with van der Waals surface area (Å²) in [5.74, 6) is -1.06. The molecule has 3 rings (SSSR count). The molecule has 0 bridgehead atoms. The maximum atomic E-state index is 13.3. The number of amides is 2. The fourth-order valence-electron chi connectivity index (χ4n) is 3.34. The van der Waals surface area contributed by atoms with Crippen LogP contribution in [0.3, 0.4) is 0 Å². The van der Waals surface area contributed by atoms with Crippen LogP contribution in [-0.2, 0) is 9.53 Å². The monoisotopic (exact) mass is 306 g/mol. The predicted molar refractivity (Wildman–Crippen MR) is 77.8 cm³/mol. The SMILES string of the molecule is CN(C)C(=O)[C@H]1CN(C(=O)c2cccc(F)c2)[C@H]2CCO[C@H]12. The molecule has 118 valence electrons. The van der Waals surface area contributed by atoms with Gasteiger partial charge in [0, 0.05) is 32.8 Å². The number of nitrogens with zero attached hydrogens (tertiary/aromatic N) is 2. The Balaban J connectivity index is 1.85. The third-order valence-corrected chi connectivity index (χ3v) is 4.38. The van der Waals surface area contributed by atoms with Crippen LogP contribution in [0.5, 0.6) is 0 Å². The van der Waals surface area contributed by atoms with Gasteiger partial charge in [0.2, 0.25) is 5.91 Å². The number of rotatable bonds is 2. The summed E-state index contributed by atoms with van der Waals surface area (Å²) >= 11 is 0. The molecule has 0 spiro atoms. The molecule has 0 aliphatic carbocycles. The first-order chi connectivity index (χ1) is 10.5. The molecule has 1 aromatic carbocycles. The number of hydrogen-bond acceptors (Lipinski definition) is 3. The second-order valence-corrected chi connectivity index (χ2v) is 6.00. The van der Waals surface area contributed by atoms with Crippen LogP contribution in [0, 0.1) is 11.7 Å². The summed E-state index contributed by atoms with van der Waals surface area (Å²) in [7, 11) is 3.40. The minimum absolute atomic E-state index is 0.0357. The van der Waals surface area contributed by atoms with Crippen molar-refractivity contribution < 1.29 is 18.7 Å². The second kappa shape index (κ2) is 5.68. The molecule has 0 unspecified atom stereocenters. The molecular formula is C16H19FN2O3. The predicted octanol–water partition coefficient (Wildman–Crippen LogP) is 1.14. The standard InChI is InChI=1S/C16H19FN2O3/c1-18(2)16(21)12-9-19(13-6-7-22-14(12)13)15(20)10-4-3-5-11(17)8-10/h3-5,8,12-14H,6-7,9H2,1-2H3/t12-,13-,14+/m0/s1. The van der Waals surface area contributed by atoms with Gasteiger partial charge in [0.05, 0.1) is 18.1 Å². The van der Waals surface area contributed by atoms with Crippen molar-refractivity contribution in [3.8, 4) is 0 Å². The van der Waals surface area contributed by atoms with Crippen molar-refractivity contribution in [1.29, 1.82) is 0 Å². The largest absolute Gasteiger partial charge is 0.375 e. The van der Waals surface area contributed by atoms with E-state index in [1.165, 1.54) is 23.1 Å². The van der Waals surface area contributed by atoms with Crippen molar-refractivity contribution in [2.45, 2.75) is 18.6 Å². The zero-order chi connectivity index (χ0) is 15.9. The van der Waals surface area contributed by atoms with Gasteiger partial charge in [-0.05, 0) is 24.6 Å². The molecule has 0 radical (unpaired) electrons. The molecule has 0 aromatic heterocycles. The summed E-state index contributed by atoms with van der Waals surface area (Å²) in [4.78, 5) is 28.1.